The fraction of sp³-hybridized carbons (Fsp3) is 0.368. The second-order valence-corrected chi connectivity index (χ2v) is 6.19. The van der Waals surface area contributed by atoms with E-state index < -0.39 is 6.04 Å². The van der Waals surface area contributed by atoms with Crippen LogP contribution in [-0.2, 0) is 4.79 Å². The minimum atomic E-state index is -0.680. The van der Waals surface area contributed by atoms with E-state index in [1.54, 1.807) is 13.0 Å². The molecule has 3 rings (SSSR count). The highest BCUT2D eigenvalue weighted by Gasteiger charge is 2.20. The highest BCUT2D eigenvalue weighted by atomic mass is 16.5. The molecule has 7 heteroatoms. The van der Waals surface area contributed by atoms with Crippen molar-refractivity contribution in [3.63, 3.8) is 0 Å². The second-order valence-electron chi connectivity index (χ2n) is 6.19. The molecule has 2 heterocycles. The molecule has 138 valence electrons. The second kappa shape index (κ2) is 7.95. The maximum atomic E-state index is 12.4. The van der Waals surface area contributed by atoms with Crippen LogP contribution < -0.4 is 20.1 Å². The fourth-order valence-corrected chi connectivity index (χ4v) is 2.61. The van der Waals surface area contributed by atoms with E-state index in [4.69, 9.17) is 13.9 Å². The van der Waals surface area contributed by atoms with Gasteiger partial charge in [0.1, 0.15) is 12.3 Å². The summed E-state index contributed by atoms with van der Waals surface area (Å²) in [7, 11) is 0. The van der Waals surface area contributed by atoms with E-state index in [1.165, 1.54) is 12.5 Å². The molecule has 0 fully saturated rings. The Morgan fingerprint density at radius 3 is 2.54 bits per heavy atom. The quantitative estimate of drug-likeness (QED) is 0.857. The molecule has 0 spiro atoms. The van der Waals surface area contributed by atoms with Gasteiger partial charge in [0, 0.05) is 6.42 Å². The van der Waals surface area contributed by atoms with E-state index in [0.717, 1.165) is 12.0 Å². The molecule has 0 bridgehead atoms. The molecular formula is C19H22N2O5. The standard InChI is InChI=1S/C19H22N2O5/c1-12(14-4-5-16-17(10-14)26-8-3-7-25-16)20-18(22)13(2)21-19(23)15-6-9-24-11-15/h4-6,9-13H,3,7-8H2,1-2H3,(H,20,22)(H,21,23)/t12-,13+/m1/s1. The first-order valence-electron chi connectivity index (χ1n) is 8.57. The number of ether oxygens (including phenoxy) is 2. The number of carbonyl (C=O) groups excluding carboxylic acids is 2. The molecular weight excluding hydrogens is 336 g/mol. The highest BCUT2D eigenvalue weighted by Crippen LogP contribution is 2.32. The Labute approximate surface area is 151 Å². The normalized spacial score (nSPS) is 15.5. The lowest BCUT2D eigenvalue weighted by Gasteiger charge is -2.19. The van der Waals surface area contributed by atoms with Gasteiger partial charge in [-0.05, 0) is 37.6 Å². The smallest absolute Gasteiger partial charge is 0.255 e. The molecule has 26 heavy (non-hydrogen) atoms. The minimum absolute atomic E-state index is 0.243. The van der Waals surface area contributed by atoms with Crippen molar-refractivity contribution in [1.29, 1.82) is 0 Å². The number of hydrogen-bond acceptors (Lipinski definition) is 5. The van der Waals surface area contributed by atoms with Crippen LogP contribution in [-0.4, -0.2) is 31.1 Å². The van der Waals surface area contributed by atoms with Crippen LogP contribution in [0, 0.1) is 0 Å². The van der Waals surface area contributed by atoms with E-state index in [9.17, 15) is 9.59 Å². The van der Waals surface area contributed by atoms with Crippen LogP contribution in [0.15, 0.2) is 41.2 Å². The Kier molecular flexibility index (Phi) is 5.46. The van der Waals surface area contributed by atoms with Gasteiger partial charge in [-0.15, -0.1) is 0 Å². The van der Waals surface area contributed by atoms with Gasteiger partial charge in [0.05, 0.1) is 31.1 Å². The zero-order valence-electron chi connectivity index (χ0n) is 14.8. The van der Waals surface area contributed by atoms with Crippen molar-refractivity contribution < 1.29 is 23.5 Å². The van der Waals surface area contributed by atoms with E-state index in [-0.39, 0.29) is 17.9 Å². The Balaban J connectivity index is 1.60. The summed E-state index contributed by atoms with van der Waals surface area (Å²) < 4.78 is 16.2. The average Bonchev–Trinajstić information content (AvgIpc) is 3.07. The first-order chi connectivity index (χ1) is 12.5. The van der Waals surface area contributed by atoms with Crippen molar-refractivity contribution in [2.45, 2.75) is 32.4 Å². The van der Waals surface area contributed by atoms with Crippen molar-refractivity contribution >= 4 is 11.8 Å². The first kappa shape index (κ1) is 17.8. The summed E-state index contributed by atoms with van der Waals surface area (Å²) in [4.78, 5) is 24.4. The molecule has 2 N–H and O–H groups in total. The van der Waals surface area contributed by atoms with Crippen molar-refractivity contribution in [2.24, 2.45) is 0 Å². The molecule has 0 saturated heterocycles. The lowest BCUT2D eigenvalue weighted by Crippen LogP contribution is -2.45. The molecule has 7 nitrogen and oxygen atoms in total. The average molecular weight is 358 g/mol. The number of carbonyl (C=O) groups is 2. The number of fused-ring (bicyclic) bond motifs is 1. The van der Waals surface area contributed by atoms with E-state index in [2.05, 4.69) is 10.6 Å². The van der Waals surface area contributed by atoms with Gasteiger partial charge in [0.2, 0.25) is 5.91 Å². The largest absolute Gasteiger partial charge is 0.490 e. The third kappa shape index (κ3) is 4.17. The third-order valence-electron chi connectivity index (χ3n) is 4.15. The van der Waals surface area contributed by atoms with Gasteiger partial charge in [-0.1, -0.05) is 6.07 Å². The maximum Gasteiger partial charge on any atom is 0.255 e. The molecule has 1 aliphatic rings. The summed E-state index contributed by atoms with van der Waals surface area (Å²) in [6.45, 7) is 4.75. The van der Waals surface area contributed by atoms with Crippen LogP contribution in [0.2, 0.25) is 0 Å². The number of nitrogens with one attached hydrogen (secondary N) is 2. The van der Waals surface area contributed by atoms with E-state index in [1.807, 2.05) is 25.1 Å². The summed E-state index contributed by atoms with van der Waals surface area (Å²) in [6.07, 6.45) is 3.58. The third-order valence-corrected chi connectivity index (χ3v) is 4.15. The Morgan fingerprint density at radius 2 is 1.81 bits per heavy atom. The van der Waals surface area contributed by atoms with Gasteiger partial charge in [-0.2, -0.15) is 0 Å². The summed E-state index contributed by atoms with van der Waals surface area (Å²) in [5.41, 5.74) is 1.27. The lowest BCUT2D eigenvalue weighted by molar-refractivity contribution is -0.123. The maximum absolute atomic E-state index is 12.4. The summed E-state index contributed by atoms with van der Waals surface area (Å²) in [5, 5.41) is 5.54. The molecule has 1 aromatic carbocycles. The summed E-state index contributed by atoms with van der Waals surface area (Å²) in [5.74, 6) is 0.763. The number of rotatable bonds is 5. The number of benzene rings is 1. The van der Waals surface area contributed by atoms with Gasteiger partial charge in [-0.3, -0.25) is 9.59 Å². The van der Waals surface area contributed by atoms with Crippen LogP contribution in [0.5, 0.6) is 11.5 Å². The van der Waals surface area contributed by atoms with Crippen LogP contribution in [0.4, 0.5) is 0 Å². The van der Waals surface area contributed by atoms with Gasteiger partial charge in [-0.25, -0.2) is 0 Å². The molecule has 2 aromatic rings. The zero-order valence-corrected chi connectivity index (χ0v) is 14.8. The molecule has 0 unspecified atom stereocenters. The predicted molar refractivity (Wildman–Crippen MR) is 94.2 cm³/mol. The van der Waals surface area contributed by atoms with Gasteiger partial charge >= 0.3 is 0 Å². The van der Waals surface area contributed by atoms with Crippen molar-refractivity contribution in [3.8, 4) is 11.5 Å². The Hall–Kier alpha value is -2.96. The molecule has 1 aliphatic heterocycles. The topological polar surface area (TPSA) is 89.8 Å². The van der Waals surface area contributed by atoms with Crippen molar-refractivity contribution in [3.05, 3.63) is 47.9 Å². The predicted octanol–water partition coefficient (Wildman–Crippen LogP) is 2.44. The highest BCUT2D eigenvalue weighted by molar-refractivity contribution is 5.97. The SMILES string of the molecule is C[C@H](NC(=O)c1ccoc1)C(=O)N[C@H](C)c1ccc2c(c1)OCCCO2. The first-order valence-corrected chi connectivity index (χ1v) is 8.57. The van der Waals surface area contributed by atoms with Crippen LogP contribution >= 0.6 is 0 Å². The lowest BCUT2D eigenvalue weighted by atomic mass is 10.1. The van der Waals surface area contributed by atoms with Gasteiger partial charge < -0.3 is 24.5 Å². The number of furan rings is 1. The Morgan fingerprint density at radius 1 is 1.04 bits per heavy atom. The Bertz CT molecular complexity index is 772. The number of amides is 2. The van der Waals surface area contributed by atoms with Gasteiger partial charge in [0.15, 0.2) is 11.5 Å². The van der Waals surface area contributed by atoms with Crippen molar-refractivity contribution in [1.82, 2.24) is 10.6 Å². The van der Waals surface area contributed by atoms with Gasteiger partial charge in [0.25, 0.3) is 5.91 Å². The minimum Gasteiger partial charge on any atom is -0.490 e. The molecule has 1 aromatic heterocycles. The van der Waals surface area contributed by atoms with Crippen LogP contribution in [0.25, 0.3) is 0 Å². The van der Waals surface area contributed by atoms with Crippen LogP contribution in [0.3, 0.4) is 0 Å². The zero-order chi connectivity index (χ0) is 18.5. The number of hydrogen-bond donors (Lipinski definition) is 2. The monoisotopic (exact) mass is 358 g/mol. The molecule has 2 amide bonds. The molecule has 0 radical (unpaired) electrons. The molecule has 0 saturated carbocycles. The molecule has 0 aliphatic carbocycles. The fourth-order valence-electron chi connectivity index (χ4n) is 2.61. The summed E-state index contributed by atoms with van der Waals surface area (Å²) in [6, 6.07) is 6.24. The van der Waals surface area contributed by atoms with E-state index in [0.29, 0.717) is 30.3 Å². The molecule has 2 atom stereocenters. The van der Waals surface area contributed by atoms with E-state index >= 15 is 0 Å². The van der Waals surface area contributed by atoms with Crippen molar-refractivity contribution in [2.75, 3.05) is 13.2 Å². The van der Waals surface area contributed by atoms with Crippen LogP contribution in [0.1, 0.15) is 42.2 Å². The summed E-state index contributed by atoms with van der Waals surface area (Å²) >= 11 is 0.